The van der Waals surface area contributed by atoms with Gasteiger partial charge in [-0.25, -0.2) is 9.78 Å². The molecule has 246 valence electrons. The third-order valence-electron chi connectivity index (χ3n) is 10.1. The Morgan fingerprint density at radius 2 is 1.91 bits per heavy atom. The molecule has 0 aliphatic heterocycles. The number of aromatic nitrogens is 1. The average Bonchev–Trinajstić information content (AvgIpc) is 3.46. The first kappa shape index (κ1) is 33.4. The van der Waals surface area contributed by atoms with Crippen molar-refractivity contribution in [1.29, 1.82) is 0 Å². The first-order chi connectivity index (χ1) is 21.1. The zero-order valence-electron chi connectivity index (χ0n) is 28.5. The molecule has 0 radical (unpaired) electrons. The van der Waals surface area contributed by atoms with E-state index in [4.69, 9.17) is 14.3 Å². The number of aryl methyl sites for hydroxylation is 2. The lowest BCUT2D eigenvalue weighted by Gasteiger charge is -2.50. The fourth-order valence-electron chi connectivity index (χ4n) is 8.35. The highest BCUT2D eigenvalue weighted by Gasteiger charge is 2.57. The molecule has 1 heterocycles. The number of amides is 1. The van der Waals surface area contributed by atoms with Gasteiger partial charge in [-0.3, -0.25) is 4.79 Å². The number of anilines is 1. The minimum absolute atomic E-state index is 0.00730. The van der Waals surface area contributed by atoms with E-state index in [1.807, 2.05) is 27.7 Å². The molecule has 1 aromatic heterocycles. The van der Waals surface area contributed by atoms with Gasteiger partial charge in [-0.1, -0.05) is 38.9 Å². The van der Waals surface area contributed by atoms with Crippen LogP contribution in [0.15, 0.2) is 23.5 Å². The molecular weight excluding hydrogens is 586 g/mol. The normalized spacial score (nSPS) is 26.9. The molecule has 5 rings (SSSR count). The van der Waals surface area contributed by atoms with E-state index in [1.165, 1.54) is 28.2 Å². The van der Waals surface area contributed by atoms with Crippen molar-refractivity contribution in [2.24, 2.45) is 28.3 Å². The fourth-order valence-corrected chi connectivity index (χ4v) is 9.03. The smallest absolute Gasteiger partial charge is 0.428 e. The summed E-state index contributed by atoms with van der Waals surface area (Å²) in [4.78, 5) is 36.2. The van der Waals surface area contributed by atoms with E-state index in [1.54, 1.807) is 13.3 Å². The Hall–Kier alpha value is -2.94. The van der Waals surface area contributed by atoms with Crippen LogP contribution in [0.5, 0.6) is 5.75 Å². The van der Waals surface area contributed by atoms with Crippen molar-refractivity contribution in [3.05, 3.63) is 39.9 Å². The van der Waals surface area contributed by atoms with Gasteiger partial charge in [0, 0.05) is 28.5 Å². The Kier molecular flexibility index (Phi) is 9.43. The molecule has 0 spiro atoms. The number of rotatable bonds is 7. The molecule has 3 aliphatic rings. The molecule has 2 aromatic rings. The van der Waals surface area contributed by atoms with Gasteiger partial charge in [0.15, 0.2) is 5.13 Å². The number of fused-ring (bicyclic) bond motifs is 5. The summed E-state index contributed by atoms with van der Waals surface area (Å²) < 4.78 is 11.4. The third-order valence-corrected chi connectivity index (χ3v) is 11.0. The van der Waals surface area contributed by atoms with E-state index in [-0.39, 0.29) is 16.7 Å². The minimum atomic E-state index is -0.663. The lowest BCUT2D eigenvalue weighted by molar-refractivity contribution is -0.116. The lowest BCUT2D eigenvalue weighted by Crippen LogP contribution is -2.44. The first-order valence-corrected chi connectivity index (χ1v) is 17.3. The highest BCUT2D eigenvalue weighted by Crippen LogP contribution is 2.63. The summed E-state index contributed by atoms with van der Waals surface area (Å²) in [6, 6.07) is 4.43. The molecule has 0 saturated heterocycles. The number of hydrogen-bond donors (Lipinski definition) is 1. The molecule has 2 fully saturated rings. The largest absolute Gasteiger partial charge is 0.514 e. The van der Waals surface area contributed by atoms with Crippen LogP contribution in [-0.4, -0.2) is 35.5 Å². The molecule has 2 saturated carbocycles. The van der Waals surface area contributed by atoms with Gasteiger partial charge < -0.3 is 19.6 Å². The second kappa shape index (κ2) is 12.7. The highest BCUT2D eigenvalue weighted by molar-refractivity contribution is 7.15. The van der Waals surface area contributed by atoms with Crippen LogP contribution < -0.4 is 10.1 Å². The number of carbonyl (C=O) groups excluding carboxylic acids is 2. The highest BCUT2D eigenvalue weighted by atomic mass is 32.1. The van der Waals surface area contributed by atoms with E-state index in [2.05, 4.69) is 55.3 Å². The van der Waals surface area contributed by atoms with Crippen LogP contribution in [0.2, 0.25) is 0 Å². The second-order valence-corrected chi connectivity index (χ2v) is 16.8. The Labute approximate surface area is 272 Å². The van der Waals surface area contributed by atoms with Gasteiger partial charge in [-0.05, 0) is 119 Å². The number of nitrogens with one attached hydrogen (secondary N) is 1. The van der Waals surface area contributed by atoms with Gasteiger partial charge >= 0.3 is 6.16 Å². The van der Waals surface area contributed by atoms with Gasteiger partial charge in [0.2, 0.25) is 5.91 Å². The van der Waals surface area contributed by atoms with Crippen molar-refractivity contribution in [2.75, 3.05) is 12.4 Å². The summed E-state index contributed by atoms with van der Waals surface area (Å²) in [7, 11) is 1.65. The Balaban J connectivity index is 1.38. The molecule has 1 amide bonds. The molecule has 0 bridgehead atoms. The van der Waals surface area contributed by atoms with Crippen LogP contribution in [0.4, 0.5) is 9.93 Å². The molecule has 3 unspecified atom stereocenters. The maximum atomic E-state index is 12.7. The second-order valence-electron chi connectivity index (χ2n) is 15.6. The maximum absolute atomic E-state index is 12.7. The Morgan fingerprint density at radius 3 is 2.56 bits per heavy atom. The fraction of sp³-hybridized carbons (Fsp3) is 0.667. The minimum Gasteiger partial charge on any atom is -0.428 e. The summed E-state index contributed by atoms with van der Waals surface area (Å²) in [5.41, 5.74) is 4.06. The van der Waals surface area contributed by atoms with Crippen molar-refractivity contribution in [2.45, 2.75) is 124 Å². The summed E-state index contributed by atoms with van der Waals surface area (Å²) in [5, 5.41) is 8.23. The molecule has 1 aromatic carbocycles. The van der Waals surface area contributed by atoms with E-state index >= 15 is 0 Å². The summed E-state index contributed by atoms with van der Waals surface area (Å²) in [5.74, 6) is 2.51. The van der Waals surface area contributed by atoms with Crippen LogP contribution in [-0.2, 0) is 26.2 Å². The molecule has 5 atom stereocenters. The summed E-state index contributed by atoms with van der Waals surface area (Å²) in [6.45, 7) is 16.4. The number of oxime groups is 1. The van der Waals surface area contributed by atoms with Gasteiger partial charge in [0.05, 0.1) is 5.71 Å². The molecular formula is C36H51N3O5S. The van der Waals surface area contributed by atoms with Crippen LogP contribution in [0.3, 0.4) is 0 Å². The molecule has 8 nitrogen and oxygen atoms in total. The first-order valence-electron chi connectivity index (χ1n) is 16.5. The number of carbonyl (C=O) groups is 2. The van der Waals surface area contributed by atoms with Gasteiger partial charge in [-0.2, -0.15) is 0 Å². The quantitative estimate of drug-likeness (QED) is 0.185. The number of thiazole rings is 1. The summed E-state index contributed by atoms with van der Waals surface area (Å²) >= 11 is 1.51. The SMILES string of the molecule is CO/N=C1\C[C@@H](CCCC(=O)Nc2ncc(C)s2)C2C3CCc4cc(OC(=O)OC(C)(C)C)c(C(C)(C)C)cc4C3CC[C@]12C. The van der Waals surface area contributed by atoms with Crippen LogP contribution in [0.1, 0.15) is 121 Å². The number of benzene rings is 1. The van der Waals surface area contributed by atoms with Gasteiger partial charge in [0.1, 0.15) is 18.5 Å². The molecule has 45 heavy (non-hydrogen) atoms. The Bertz CT molecular complexity index is 1450. The predicted octanol–water partition coefficient (Wildman–Crippen LogP) is 8.96. The van der Waals surface area contributed by atoms with Crippen LogP contribution in [0.25, 0.3) is 0 Å². The van der Waals surface area contributed by atoms with E-state index < -0.39 is 11.8 Å². The standard InChI is InChI=1S/C36H51N3O5S/c1-21-20-37-32(45-21)38-30(40)12-10-11-23-18-29(39-42-9)36(8)16-15-24-25(31(23)36)14-13-22-17-28(43-33(41)44-35(5,6)7)27(19-26(22)24)34(2,3)4/h17,19-20,23-25,31H,10-16,18H2,1-9H3,(H,37,38,40)/b39-29+/t23-,24?,25?,31?,36-/m1/s1. The third kappa shape index (κ3) is 7.23. The van der Waals surface area contributed by atoms with Crippen molar-refractivity contribution < 1.29 is 23.9 Å². The van der Waals surface area contributed by atoms with Gasteiger partial charge in [-0.15, -0.1) is 11.3 Å². The number of ether oxygens (including phenoxy) is 2. The van der Waals surface area contributed by atoms with Crippen LogP contribution >= 0.6 is 11.3 Å². The van der Waals surface area contributed by atoms with E-state index in [0.717, 1.165) is 55.4 Å². The molecule has 3 aliphatic carbocycles. The van der Waals surface area contributed by atoms with Crippen molar-refractivity contribution in [3.8, 4) is 5.75 Å². The van der Waals surface area contributed by atoms with E-state index in [9.17, 15) is 9.59 Å². The predicted molar refractivity (Wildman–Crippen MR) is 179 cm³/mol. The molecule has 1 N–H and O–H groups in total. The van der Waals surface area contributed by atoms with Crippen molar-refractivity contribution in [1.82, 2.24) is 4.98 Å². The molecule has 9 heteroatoms. The van der Waals surface area contributed by atoms with Crippen molar-refractivity contribution >= 4 is 34.2 Å². The van der Waals surface area contributed by atoms with Crippen molar-refractivity contribution in [3.63, 3.8) is 0 Å². The Morgan fingerprint density at radius 1 is 1.16 bits per heavy atom. The average molecular weight is 638 g/mol. The van der Waals surface area contributed by atoms with E-state index in [0.29, 0.717) is 41.0 Å². The number of hydrogen-bond acceptors (Lipinski definition) is 8. The maximum Gasteiger partial charge on any atom is 0.514 e. The zero-order valence-corrected chi connectivity index (χ0v) is 29.4. The lowest BCUT2D eigenvalue weighted by atomic mass is 9.53. The monoisotopic (exact) mass is 637 g/mol. The van der Waals surface area contributed by atoms with Crippen LogP contribution in [0, 0.1) is 30.1 Å². The zero-order chi connectivity index (χ0) is 32.7. The van der Waals surface area contributed by atoms with Gasteiger partial charge in [0.25, 0.3) is 0 Å². The number of nitrogens with zero attached hydrogens (tertiary/aromatic N) is 2. The topological polar surface area (TPSA) is 99.1 Å². The summed E-state index contributed by atoms with van der Waals surface area (Å²) in [6.07, 6.45) is 8.53.